The smallest absolute Gasteiger partial charge is 0.328 e. The molecule has 1 N–H and O–H groups in total. The van der Waals surface area contributed by atoms with Gasteiger partial charge in [0.05, 0.1) is 0 Å². The van der Waals surface area contributed by atoms with Crippen LogP contribution in [0.1, 0.15) is 11.1 Å². The first-order valence-electron chi connectivity index (χ1n) is 6.02. The standard InChI is InChI=1S/C16H13FO2S/c17-14-6-1-2-7-15(14)20-11-13-5-3-4-12(10-13)8-9-16(18)19/h1-10H,11H2,(H,18,19). The molecule has 2 aromatic rings. The third kappa shape index (κ3) is 4.24. The molecule has 0 aliphatic carbocycles. The number of carboxylic acid groups (broad SMARTS) is 1. The lowest BCUT2D eigenvalue weighted by Gasteiger charge is -2.04. The second kappa shape index (κ2) is 6.91. The first-order chi connectivity index (χ1) is 9.65. The highest BCUT2D eigenvalue weighted by molar-refractivity contribution is 7.98. The Balaban J connectivity index is 2.05. The van der Waals surface area contributed by atoms with Crippen LogP contribution >= 0.6 is 11.8 Å². The largest absolute Gasteiger partial charge is 0.478 e. The number of benzene rings is 2. The minimum atomic E-state index is -0.976. The van der Waals surface area contributed by atoms with E-state index >= 15 is 0 Å². The van der Waals surface area contributed by atoms with E-state index in [1.54, 1.807) is 24.3 Å². The van der Waals surface area contributed by atoms with Gasteiger partial charge < -0.3 is 5.11 Å². The molecule has 0 spiro atoms. The van der Waals surface area contributed by atoms with E-state index in [2.05, 4.69) is 0 Å². The van der Waals surface area contributed by atoms with Crippen LogP contribution in [0.5, 0.6) is 0 Å². The van der Waals surface area contributed by atoms with Crippen LogP contribution in [0.4, 0.5) is 4.39 Å². The third-order valence-electron chi connectivity index (χ3n) is 2.60. The molecule has 0 heterocycles. The lowest BCUT2D eigenvalue weighted by Crippen LogP contribution is -1.87. The van der Waals surface area contributed by atoms with Gasteiger partial charge in [0.25, 0.3) is 0 Å². The van der Waals surface area contributed by atoms with Crippen molar-refractivity contribution in [2.45, 2.75) is 10.6 Å². The molecule has 20 heavy (non-hydrogen) atoms. The van der Waals surface area contributed by atoms with E-state index in [9.17, 15) is 9.18 Å². The van der Waals surface area contributed by atoms with Crippen LogP contribution < -0.4 is 0 Å². The molecular weight excluding hydrogens is 275 g/mol. The second-order valence-corrected chi connectivity index (χ2v) is 5.15. The van der Waals surface area contributed by atoms with Crippen LogP contribution in [0.15, 0.2) is 59.5 Å². The summed E-state index contributed by atoms with van der Waals surface area (Å²) in [5.74, 6) is -0.564. The van der Waals surface area contributed by atoms with Crippen LogP contribution in [0.3, 0.4) is 0 Å². The molecule has 2 rings (SSSR count). The Morgan fingerprint density at radius 1 is 1.20 bits per heavy atom. The predicted molar refractivity (Wildman–Crippen MR) is 79.1 cm³/mol. The van der Waals surface area contributed by atoms with Crippen molar-refractivity contribution in [1.82, 2.24) is 0 Å². The summed E-state index contributed by atoms with van der Waals surface area (Å²) in [6.07, 6.45) is 2.64. The summed E-state index contributed by atoms with van der Waals surface area (Å²) in [4.78, 5) is 11.1. The molecule has 102 valence electrons. The molecule has 0 radical (unpaired) electrons. The number of carbonyl (C=O) groups is 1. The maximum Gasteiger partial charge on any atom is 0.328 e. The van der Waals surface area contributed by atoms with Gasteiger partial charge in [-0.25, -0.2) is 9.18 Å². The van der Waals surface area contributed by atoms with Crippen LogP contribution in [-0.4, -0.2) is 11.1 Å². The summed E-state index contributed by atoms with van der Waals surface area (Å²) in [7, 11) is 0. The van der Waals surface area contributed by atoms with E-state index in [-0.39, 0.29) is 5.82 Å². The van der Waals surface area contributed by atoms with E-state index in [0.717, 1.165) is 17.2 Å². The highest BCUT2D eigenvalue weighted by Gasteiger charge is 2.02. The molecule has 0 unspecified atom stereocenters. The monoisotopic (exact) mass is 288 g/mol. The number of halogens is 1. The molecule has 2 nitrogen and oxygen atoms in total. The van der Waals surface area contributed by atoms with Crippen LogP contribution in [0.25, 0.3) is 6.08 Å². The Bertz CT molecular complexity index is 638. The molecule has 0 bridgehead atoms. The van der Waals surface area contributed by atoms with E-state index in [1.165, 1.54) is 17.8 Å². The summed E-state index contributed by atoms with van der Waals surface area (Å²) in [5.41, 5.74) is 1.84. The van der Waals surface area contributed by atoms with Gasteiger partial charge in [-0.05, 0) is 29.3 Å². The molecular formula is C16H13FO2S. The zero-order valence-corrected chi connectivity index (χ0v) is 11.4. The Hall–Kier alpha value is -2.07. The average molecular weight is 288 g/mol. The summed E-state index contributed by atoms with van der Waals surface area (Å²) >= 11 is 1.42. The number of aliphatic carboxylic acids is 1. The SMILES string of the molecule is O=C(O)C=Cc1cccc(CSc2ccccc2F)c1. The van der Waals surface area contributed by atoms with Crippen molar-refractivity contribution in [3.05, 3.63) is 71.6 Å². The van der Waals surface area contributed by atoms with Crippen molar-refractivity contribution < 1.29 is 14.3 Å². The lowest BCUT2D eigenvalue weighted by atomic mass is 10.1. The summed E-state index contributed by atoms with van der Waals surface area (Å²) in [6.45, 7) is 0. The van der Waals surface area contributed by atoms with Crippen LogP contribution in [0.2, 0.25) is 0 Å². The van der Waals surface area contributed by atoms with Crippen molar-refractivity contribution in [3.63, 3.8) is 0 Å². The fourth-order valence-corrected chi connectivity index (χ4v) is 2.56. The number of hydrogen-bond donors (Lipinski definition) is 1. The fraction of sp³-hybridized carbons (Fsp3) is 0.0625. The highest BCUT2D eigenvalue weighted by atomic mass is 32.2. The van der Waals surface area contributed by atoms with Gasteiger partial charge in [-0.2, -0.15) is 0 Å². The Labute approximate surface area is 121 Å². The van der Waals surface area contributed by atoms with Gasteiger partial charge in [0, 0.05) is 16.7 Å². The highest BCUT2D eigenvalue weighted by Crippen LogP contribution is 2.25. The van der Waals surface area contributed by atoms with Crippen LogP contribution in [0, 0.1) is 5.82 Å². The minimum absolute atomic E-state index is 0.223. The van der Waals surface area contributed by atoms with Crippen molar-refractivity contribution in [3.8, 4) is 0 Å². The Kier molecular flexibility index (Phi) is 4.96. The number of hydrogen-bond acceptors (Lipinski definition) is 2. The summed E-state index contributed by atoms with van der Waals surface area (Å²) < 4.78 is 13.5. The van der Waals surface area contributed by atoms with E-state index in [4.69, 9.17) is 5.11 Å². The topological polar surface area (TPSA) is 37.3 Å². The van der Waals surface area contributed by atoms with Gasteiger partial charge in [0.15, 0.2) is 0 Å². The van der Waals surface area contributed by atoms with Crippen molar-refractivity contribution in [2.75, 3.05) is 0 Å². The van der Waals surface area contributed by atoms with Crippen LogP contribution in [-0.2, 0) is 10.5 Å². The summed E-state index contributed by atoms with van der Waals surface area (Å²) in [5, 5.41) is 8.59. The number of carboxylic acids is 1. The first-order valence-corrected chi connectivity index (χ1v) is 7.01. The van der Waals surface area contributed by atoms with Gasteiger partial charge in [-0.15, -0.1) is 11.8 Å². The zero-order valence-electron chi connectivity index (χ0n) is 10.6. The van der Waals surface area contributed by atoms with E-state index in [1.807, 2.05) is 24.3 Å². The molecule has 0 atom stereocenters. The molecule has 4 heteroatoms. The van der Waals surface area contributed by atoms with Gasteiger partial charge in [0.1, 0.15) is 5.82 Å². The zero-order chi connectivity index (χ0) is 14.4. The van der Waals surface area contributed by atoms with Gasteiger partial charge in [-0.3, -0.25) is 0 Å². The van der Waals surface area contributed by atoms with Crippen molar-refractivity contribution >= 4 is 23.8 Å². The van der Waals surface area contributed by atoms with E-state index < -0.39 is 5.97 Å². The number of rotatable bonds is 5. The van der Waals surface area contributed by atoms with E-state index in [0.29, 0.717) is 10.6 Å². The Morgan fingerprint density at radius 2 is 2.00 bits per heavy atom. The molecule has 2 aromatic carbocycles. The lowest BCUT2D eigenvalue weighted by molar-refractivity contribution is -0.131. The molecule has 0 saturated carbocycles. The molecule has 0 aliphatic rings. The summed E-state index contributed by atoms with van der Waals surface area (Å²) in [6, 6.07) is 14.2. The molecule has 0 fully saturated rings. The average Bonchev–Trinajstić information content (AvgIpc) is 2.45. The Morgan fingerprint density at radius 3 is 2.75 bits per heavy atom. The van der Waals surface area contributed by atoms with Gasteiger partial charge in [0.2, 0.25) is 0 Å². The molecule has 0 amide bonds. The number of thioether (sulfide) groups is 1. The first kappa shape index (κ1) is 14.3. The van der Waals surface area contributed by atoms with Crippen molar-refractivity contribution in [1.29, 1.82) is 0 Å². The fourth-order valence-electron chi connectivity index (χ4n) is 1.68. The molecule has 0 saturated heterocycles. The minimum Gasteiger partial charge on any atom is -0.478 e. The third-order valence-corrected chi connectivity index (χ3v) is 3.72. The second-order valence-electron chi connectivity index (χ2n) is 4.14. The molecule has 0 aliphatic heterocycles. The van der Waals surface area contributed by atoms with Gasteiger partial charge in [-0.1, -0.05) is 36.4 Å². The normalized spacial score (nSPS) is 10.8. The predicted octanol–water partition coefficient (Wildman–Crippen LogP) is 4.22. The van der Waals surface area contributed by atoms with Crippen molar-refractivity contribution in [2.24, 2.45) is 0 Å². The molecule has 0 aromatic heterocycles. The quantitative estimate of drug-likeness (QED) is 0.661. The maximum absolute atomic E-state index is 13.5. The maximum atomic E-state index is 13.5. The van der Waals surface area contributed by atoms with Gasteiger partial charge >= 0.3 is 5.97 Å².